The summed E-state index contributed by atoms with van der Waals surface area (Å²) < 4.78 is 0. The molecule has 0 aliphatic carbocycles. The van der Waals surface area contributed by atoms with Crippen LogP contribution in [0.5, 0.6) is 0 Å². The lowest BCUT2D eigenvalue weighted by Gasteiger charge is -2.38. The first kappa shape index (κ1) is 14.3. The molecule has 1 aromatic rings. The van der Waals surface area contributed by atoms with Gasteiger partial charge in [-0.3, -0.25) is 4.90 Å². The van der Waals surface area contributed by atoms with Crippen molar-refractivity contribution in [3.63, 3.8) is 0 Å². The minimum atomic E-state index is 0.0724. The van der Waals surface area contributed by atoms with Gasteiger partial charge < -0.3 is 10.6 Å². The number of aromatic nitrogens is 1. The Morgan fingerprint density at radius 3 is 2.53 bits per heavy atom. The Labute approximate surface area is 116 Å². The van der Waals surface area contributed by atoms with Crippen LogP contribution < -0.4 is 10.6 Å². The van der Waals surface area contributed by atoms with Crippen LogP contribution in [0.2, 0.25) is 0 Å². The fraction of sp³-hybridized carbons (Fsp3) is 0.667. The Morgan fingerprint density at radius 2 is 1.95 bits per heavy atom. The highest BCUT2D eigenvalue weighted by Gasteiger charge is 2.21. The Morgan fingerprint density at radius 1 is 1.26 bits per heavy atom. The van der Waals surface area contributed by atoms with Crippen molar-refractivity contribution in [2.75, 3.05) is 31.1 Å². The number of nitrogens with two attached hydrogens (primary N) is 1. The number of hydrogen-bond acceptors (Lipinski definition) is 4. The lowest BCUT2D eigenvalue weighted by molar-refractivity contribution is 0.192. The standard InChI is InChI=1S/C15H26N4/c1-4-12(2)18-7-9-19(10-8-18)15-11-14(13(3)16)5-6-17-15/h5-6,11-13H,4,7-10,16H2,1-3H3/t12?,13-/m1/s1. The van der Waals surface area contributed by atoms with Crippen LogP contribution in [0.25, 0.3) is 0 Å². The van der Waals surface area contributed by atoms with Gasteiger partial charge in [0, 0.05) is 44.5 Å². The molecule has 2 atom stereocenters. The molecule has 1 aliphatic rings. The molecule has 19 heavy (non-hydrogen) atoms. The molecule has 2 N–H and O–H groups in total. The Bertz CT molecular complexity index is 397. The van der Waals surface area contributed by atoms with Crippen LogP contribution in [0.15, 0.2) is 18.3 Å². The third kappa shape index (κ3) is 3.45. The first-order valence-electron chi connectivity index (χ1n) is 7.32. The third-order valence-corrected chi connectivity index (χ3v) is 4.15. The number of rotatable bonds is 4. The van der Waals surface area contributed by atoms with Gasteiger partial charge in [0.2, 0.25) is 0 Å². The zero-order chi connectivity index (χ0) is 13.8. The van der Waals surface area contributed by atoms with Crippen molar-refractivity contribution in [2.24, 2.45) is 5.73 Å². The second kappa shape index (κ2) is 6.35. The van der Waals surface area contributed by atoms with Gasteiger partial charge in [0.05, 0.1) is 0 Å². The highest BCUT2D eigenvalue weighted by Crippen LogP contribution is 2.19. The van der Waals surface area contributed by atoms with E-state index in [4.69, 9.17) is 5.73 Å². The number of hydrogen-bond donors (Lipinski definition) is 1. The summed E-state index contributed by atoms with van der Waals surface area (Å²) >= 11 is 0. The van der Waals surface area contributed by atoms with E-state index in [0.717, 1.165) is 37.6 Å². The van der Waals surface area contributed by atoms with Crippen LogP contribution in [-0.2, 0) is 0 Å². The quantitative estimate of drug-likeness (QED) is 0.902. The van der Waals surface area contributed by atoms with E-state index in [1.165, 1.54) is 6.42 Å². The molecule has 1 aliphatic heterocycles. The van der Waals surface area contributed by atoms with Gasteiger partial charge in [-0.15, -0.1) is 0 Å². The van der Waals surface area contributed by atoms with E-state index >= 15 is 0 Å². The van der Waals surface area contributed by atoms with Crippen LogP contribution in [0, 0.1) is 0 Å². The molecule has 0 spiro atoms. The molecule has 4 heteroatoms. The van der Waals surface area contributed by atoms with Crippen molar-refractivity contribution >= 4 is 5.82 Å². The maximum atomic E-state index is 5.94. The molecular formula is C15H26N4. The smallest absolute Gasteiger partial charge is 0.128 e. The summed E-state index contributed by atoms with van der Waals surface area (Å²) in [7, 11) is 0. The maximum absolute atomic E-state index is 5.94. The second-order valence-corrected chi connectivity index (χ2v) is 5.52. The number of piperazine rings is 1. The molecule has 1 aromatic heterocycles. The van der Waals surface area contributed by atoms with Gasteiger partial charge in [-0.25, -0.2) is 4.98 Å². The van der Waals surface area contributed by atoms with Crippen LogP contribution in [0.1, 0.15) is 38.8 Å². The van der Waals surface area contributed by atoms with Crippen molar-refractivity contribution in [1.82, 2.24) is 9.88 Å². The third-order valence-electron chi connectivity index (χ3n) is 4.15. The molecule has 1 fully saturated rings. The summed E-state index contributed by atoms with van der Waals surface area (Å²) in [6.07, 6.45) is 3.09. The van der Waals surface area contributed by atoms with Crippen molar-refractivity contribution in [3.05, 3.63) is 23.9 Å². The Balaban J connectivity index is 1.99. The summed E-state index contributed by atoms with van der Waals surface area (Å²) in [5.41, 5.74) is 7.10. The van der Waals surface area contributed by atoms with Crippen LogP contribution >= 0.6 is 0 Å². The van der Waals surface area contributed by atoms with Gasteiger partial charge in [0.1, 0.15) is 5.82 Å². The topological polar surface area (TPSA) is 45.4 Å². The van der Waals surface area contributed by atoms with Crippen molar-refractivity contribution in [2.45, 2.75) is 39.3 Å². The average molecular weight is 262 g/mol. The summed E-state index contributed by atoms with van der Waals surface area (Å²) in [6, 6.07) is 4.89. The van der Waals surface area contributed by atoms with Crippen LogP contribution in [-0.4, -0.2) is 42.1 Å². The predicted molar refractivity (Wildman–Crippen MR) is 80.4 cm³/mol. The first-order chi connectivity index (χ1) is 9.11. The lowest BCUT2D eigenvalue weighted by Crippen LogP contribution is -2.49. The molecule has 1 unspecified atom stereocenters. The summed E-state index contributed by atoms with van der Waals surface area (Å²) in [6.45, 7) is 10.9. The van der Waals surface area contributed by atoms with Crippen molar-refractivity contribution in [3.8, 4) is 0 Å². The Hall–Kier alpha value is -1.13. The molecule has 0 saturated carbocycles. The average Bonchev–Trinajstić information content (AvgIpc) is 2.46. The van der Waals surface area contributed by atoms with Crippen LogP contribution in [0.3, 0.4) is 0 Å². The maximum Gasteiger partial charge on any atom is 0.128 e. The minimum Gasteiger partial charge on any atom is -0.354 e. The van der Waals surface area contributed by atoms with E-state index in [0.29, 0.717) is 6.04 Å². The first-order valence-corrected chi connectivity index (χ1v) is 7.32. The Kier molecular flexibility index (Phi) is 4.77. The lowest BCUT2D eigenvalue weighted by atomic mass is 10.1. The number of pyridine rings is 1. The highest BCUT2D eigenvalue weighted by molar-refractivity contribution is 5.42. The molecule has 0 radical (unpaired) electrons. The molecule has 2 heterocycles. The summed E-state index contributed by atoms with van der Waals surface area (Å²) in [5, 5.41) is 0. The van der Waals surface area contributed by atoms with Gasteiger partial charge in [-0.05, 0) is 38.0 Å². The number of anilines is 1. The fourth-order valence-electron chi connectivity index (χ4n) is 2.54. The molecule has 0 amide bonds. The SMILES string of the molecule is CCC(C)N1CCN(c2cc([C@@H](C)N)ccn2)CC1. The largest absolute Gasteiger partial charge is 0.354 e. The van der Waals surface area contributed by atoms with E-state index in [1.807, 2.05) is 19.2 Å². The van der Waals surface area contributed by atoms with Gasteiger partial charge in [0.15, 0.2) is 0 Å². The van der Waals surface area contributed by atoms with E-state index in [1.54, 1.807) is 0 Å². The summed E-state index contributed by atoms with van der Waals surface area (Å²) in [4.78, 5) is 9.41. The van der Waals surface area contributed by atoms with Gasteiger partial charge in [0.25, 0.3) is 0 Å². The summed E-state index contributed by atoms with van der Waals surface area (Å²) in [5.74, 6) is 1.07. The minimum absolute atomic E-state index is 0.0724. The molecule has 0 aromatic carbocycles. The molecular weight excluding hydrogens is 236 g/mol. The predicted octanol–water partition coefficient (Wildman–Crippen LogP) is 2.02. The molecule has 4 nitrogen and oxygen atoms in total. The van der Waals surface area contributed by atoms with Crippen LogP contribution in [0.4, 0.5) is 5.82 Å². The molecule has 106 valence electrons. The highest BCUT2D eigenvalue weighted by atomic mass is 15.3. The van der Waals surface area contributed by atoms with Gasteiger partial charge >= 0.3 is 0 Å². The fourth-order valence-corrected chi connectivity index (χ4v) is 2.54. The normalized spacial score (nSPS) is 20.3. The van der Waals surface area contributed by atoms with Crippen molar-refractivity contribution in [1.29, 1.82) is 0 Å². The van der Waals surface area contributed by atoms with Crippen molar-refractivity contribution < 1.29 is 0 Å². The van der Waals surface area contributed by atoms with E-state index in [2.05, 4.69) is 34.7 Å². The zero-order valence-corrected chi connectivity index (χ0v) is 12.3. The van der Waals surface area contributed by atoms with E-state index < -0.39 is 0 Å². The number of nitrogens with zero attached hydrogens (tertiary/aromatic N) is 3. The second-order valence-electron chi connectivity index (χ2n) is 5.52. The van der Waals surface area contributed by atoms with Gasteiger partial charge in [-0.2, -0.15) is 0 Å². The molecule has 1 saturated heterocycles. The molecule has 0 bridgehead atoms. The zero-order valence-electron chi connectivity index (χ0n) is 12.3. The van der Waals surface area contributed by atoms with Gasteiger partial charge in [-0.1, -0.05) is 6.92 Å². The van der Waals surface area contributed by atoms with E-state index in [9.17, 15) is 0 Å². The molecule has 2 rings (SSSR count). The monoisotopic (exact) mass is 262 g/mol. The van der Waals surface area contributed by atoms with E-state index in [-0.39, 0.29) is 6.04 Å².